The second kappa shape index (κ2) is 5.14. The fourth-order valence-corrected chi connectivity index (χ4v) is 1.40. The average molecular weight is 209 g/mol. The molecule has 0 unspecified atom stereocenters. The fraction of sp³-hybridized carbons (Fsp3) is 0.222. The molecule has 1 aromatic rings. The van der Waals surface area contributed by atoms with Crippen LogP contribution in [0.3, 0.4) is 0 Å². The molecule has 0 aliphatic heterocycles. The summed E-state index contributed by atoms with van der Waals surface area (Å²) in [7, 11) is 1.31. The quantitative estimate of drug-likeness (QED) is 0.412. The monoisotopic (exact) mass is 209 g/mol. The van der Waals surface area contributed by atoms with Gasteiger partial charge in [0, 0.05) is 0 Å². The number of aldehydes is 1. The second-order valence-corrected chi connectivity index (χ2v) is 3.22. The molecule has 0 bridgehead atoms. The molecule has 0 saturated heterocycles. The number of rotatable bonds is 2. The van der Waals surface area contributed by atoms with Gasteiger partial charge in [-0.05, 0) is 5.92 Å². The number of ether oxygens (including phenoxy) is 1. The van der Waals surface area contributed by atoms with Crippen molar-refractivity contribution in [3.05, 3.63) is 16.1 Å². The Kier molecular flexibility index (Phi) is 3.83. The van der Waals surface area contributed by atoms with Crippen LogP contribution in [0.1, 0.15) is 21.1 Å². The fourth-order valence-electron chi connectivity index (χ4n) is 0.695. The third kappa shape index (κ3) is 2.68. The highest BCUT2D eigenvalue weighted by Gasteiger charge is 2.08. The molecule has 5 heteroatoms. The van der Waals surface area contributed by atoms with Gasteiger partial charge in [0.25, 0.3) is 0 Å². The average Bonchev–Trinajstić information content (AvgIpc) is 2.66. The van der Waals surface area contributed by atoms with Crippen LogP contribution >= 0.6 is 11.3 Å². The Labute approximate surface area is 84.9 Å². The van der Waals surface area contributed by atoms with E-state index in [4.69, 9.17) is 0 Å². The Hall–Kier alpha value is -1.67. The molecular weight excluding hydrogens is 202 g/mol. The standard InChI is InChI=1S/C9H7NO3S/c1-13-9(12)7-6-10-8(14-7)4-2-3-5-11/h5-6H,3H2,1H3. The smallest absolute Gasteiger partial charge is 0.349 e. The number of aromatic nitrogens is 1. The molecule has 0 fully saturated rings. The van der Waals surface area contributed by atoms with Crippen molar-refractivity contribution >= 4 is 23.6 Å². The van der Waals surface area contributed by atoms with Crippen molar-refractivity contribution in [2.24, 2.45) is 0 Å². The lowest BCUT2D eigenvalue weighted by atomic mass is 10.5. The van der Waals surface area contributed by atoms with Gasteiger partial charge in [0.1, 0.15) is 11.2 Å². The summed E-state index contributed by atoms with van der Waals surface area (Å²) in [5, 5.41) is 0.507. The van der Waals surface area contributed by atoms with Crippen LogP contribution in [-0.2, 0) is 9.53 Å². The van der Waals surface area contributed by atoms with Crippen LogP contribution in [0, 0.1) is 11.8 Å². The minimum absolute atomic E-state index is 0.174. The molecule has 0 aromatic carbocycles. The first-order valence-corrected chi connectivity index (χ1v) is 4.56. The Morgan fingerprint density at radius 2 is 2.57 bits per heavy atom. The lowest BCUT2D eigenvalue weighted by Gasteiger charge is -1.89. The highest BCUT2D eigenvalue weighted by atomic mass is 32.1. The van der Waals surface area contributed by atoms with Crippen LogP contribution in [0.15, 0.2) is 6.20 Å². The van der Waals surface area contributed by atoms with Crippen LogP contribution in [0.25, 0.3) is 0 Å². The normalized spacial score (nSPS) is 8.64. The first-order chi connectivity index (χ1) is 6.77. The van der Waals surface area contributed by atoms with Crippen molar-refractivity contribution in [2.45, 2.75) is 6.42 Å². The van der Waals surface area contributed by atoms with E-state index in [1.807, 2.05) is 0 Å². The maximum absolute atomic E-state index is 11.0. The predicted octanol–water partition coefficient (Wildman–Crippen LogP) is 0.870. The maximum atomic E-state index is 11.0. The molecule has 4 nitrogen and oxygen atoms in total. The Morgan fingerprint density at radius 1 is 1.79 bits per heavy atom. The van der Waals surface area contributed by atoms with Crippen molar-refractivity contribution < 1.29 is 14.3 Å². The summed E-state index contributed by atoms with van der Waals surface area (Å²) in [5.41, 5.74) is 0. The zero-order valence-corrected chi connectivity index (χ0v) is 8.26. The van der Waals surface area contributed by atoms with E-state index in [2.05, 4.69) is 21.6 Å². The Balaban J connectivity index is 2.74. The van der Waals surface area contributed by atoms with Crippen LogP contribution in [0.4, 0.5) is 0 Å². The van der Waals surface area contributed by atoms with Gasteiger partial charge < -0.3 is 9.53 Å². The van der Waals surface area contributed by atoms with Gasteiger partial charge in [-0.3, -0.25) is 0 Å². The Morgan fingerprint density at radius 3 is 3.21 bits per heavy atom. The molecule has 72 valence electrons. The van der Waals surface area contributed by atoms with E-state index in [0.29, 0.717) is 16.2 Å². The van der Waals surface area contributed by atoms with Gasteiger partial charge in [-0.15, -0.1) is 0 Å². The SMILES string of the molecule is COC(=O)c1cnc(C#CCC=O)s1. The summed E-state index contributed by atoms with van der Waals surface area (Å²) < 4.78 is 4.50. The minimum atomic E-state index is -0.425. The summed E-state index contributed by atoms with van der Waals surface area (Å²) >= 11 is 1.14. The minimum Gasteiger partial charge on any atom is -0.465 e. The van der Waals surface area contributed by atoms with Crippen molar-refractivity contribution in [3.8, 4) is 11.8 Å². The number of esters is 1. The third-order valence-electron chi connectivity index (χ3n) is 1.27. The van der Waals surface area contributed by atoms with Gasteiger partial charge in [0.15, 0.2) is 5.01 Å². The highest BCUT2D eigenvalue weighted by molar-refractivity contribution is 7.14. The summed E-state index contributed by atoms with van der Waals surface area (Å²) in [5.74, 6) is 4.84. The number of hydrogen-bond donors (Lipinski definition) is 0. The zero-order chi connectivity index (χ0) is 10.4. The van der Waals surface area contributed by atoms with E-state index in [-0.39, 0.29) is 6.42 Å². The van der Waals surface area contributed by atoms with E-state index in [0.717, 1.165) is 11.3 Å². The lowest BCUT2D eigenvalue weighted by molar-refractivity contribution is -0.107. The molecule has 0 aliphatic rings. The number of carbonyl (C=O) groups is 2. The molecule has 1 rings (SSSR count). The van der Waals surface area contributed by atoms with Crippen LogP contribution < -0.4 is 0 Å². The molecule has 0 spiro atoms. The highest BCUT2D eigenvalue weighted by Crippen LogP contribution is 2.12. The van der Waals surface area contributed by atoms with E-state index in [1.165, 1.54) is 13.3 Å². The van der Waals surface area contributed by atoms with E-state index < -0.39 is 5.97 Å². The van der Waals surface area contributed by atoms with Crippen LogP contribution in [0.5, 0.6) is 0 Å². The summed E-state index contributed by atoms with van der Waals surface area (Å²) in [4.78, 5) is 25.3. The maximum Gasteiger partial charge on any atom is 0.349 e. The lowest BCUT2D eigenvalue weighted by Crippen LogP contribution is -1.96. The van der Waals surface area contributed by atoms with Crippen molar-refractivity contribution in [2.75, 3.05) is 7.11 Å². The van der Waals surface area contributed by atoms with Crippen molar-refractivity contribution in [1.82, 2.24) is 4.98 Å². The molecule has 0 amide bonds. The number of carbonyl (C=O) groups excluding carboxylic acids is 2. The first-order valence-electron chi connectivity index (χ1n) is 3.74. The molecule has 0 radical (unpaired) electrons. The molecule has 14 heavy (non-hydrogen) atoms. The molecule has 1 heterocycles. The van der Waals surface area contributed by atoms with Gasteiger partial charge in [0.05, 0.1) is 19.7 Å². The zero-order valence-electron chi connectivity index (χ0n) is 7.44. The number of nitrogens with zero attached hydrogens (tertiary/aromatic N) is 1. The summed E-state index contributed by atoms with van der Waals surface area (Å²) in [6.07, 6.45) is 2.29. The van der Waals surface area contributed by atoms with Crippen LogP contribution in [-0.4, -0.2) is 24.3 Å². The van der Waals surface area contributed by atoms with Gasteiger partial charge in [-0.25, -0.2) is 9.78 Å². The number of thiazole rings is 1. The van der Waals surface area contributed by atoms with Gasteiger partial charge in [-0.1, -0.05) is 17.3 Å². The molecule has 0 N–H and O–H groups in total. The molecule has 0 aliphatic carbocycles. The summed E-state index contributed by atoms with van der Waals surface area (Å²) in [6.45, 7) is 0. The molecule has 0 saturated carbocycles. The first kappa shape index (κ1) is 10.4. The van der Waals surface area contributed by atoms with E-state index in [1.54, 1.807) is 0 Å². The van der Waals surface area contributed by atoms with E-state index >= 15 is 0 Å². The second-order valence-electron chi connectivity index (χ2n) is 2.19. The number of methoxy groups -OCH3 is 1. The van der Waals surface area contributed by atoms with E-state index in [9.17, 15) is 9.59 Å². The van der Waals surface area contributed by atoms with Crippen LogP contribution in [0.2, 0.25) is 0 Å². The third-order valence-corrected chi connectivity index (χ3v) is 2.17. The molecule has 1 aromatic heterocycles. The van der Waals surface area contributed by atoms with Gasteiger partial charge in [-0.2, -0.15) is 0 Å². The Bertz CT molecular complexity index is 400. The van der Waals surface area contributed by atoms with Crippen molar-refractivity contribution in [3.63, 3.8) is 0 Å². The van der Waals surface area contributed by atoms with Gasteiger partial charge >= 0.3 is 5.97 Å². The summed E-state index contributed by atoms with van der Waals surface area (Å²) in [6, 6.07) is 0. The predicted molar refractivity (Wildman–Crippen MR) is 51.0 cm³/mol. The molecular formula is C9H7NO3S. The largest absolute Gasteiger partial charge is 0.465 e. The topological polar surface area (TPSA) is 56.3 Å². The van der Waals surface area contributed by atoms with Gasteiger partial charge in [0.2, 0.25) is 0 Å². The van der Waals surface area contributed by atoms with Crippen molar-refractivity contribution in [1.29, 1.82) is 0 Å². The number of hydrogen-bond acceptors (Lipinski definition) is 5. The molecule has 0 atom stereocenters.